The highest BCUT2D eigenvalue weighted by Crippen LogP contribution is 2.67. The SMILES string of the molecule is CC(C)CCCC(C)C1CCC2C3CC=C4CC(OC(=O)CCCC(=O)N(CCCCN(CCCNC(=O)OC(C)(C)C)C(=O)OC(C)(C)C)CCCNC(=O)OC(C)(C)C)CCC4(C)C3CCC12C. The van der Waals surface area contributed by atoms with Crippen LogP contribution in [0, 0.1) is 46.3 Å². The highest BCUT2D eigenvalue weighted by atomic mass is 16.6. The van der Waals surface area contributed by atoms with Crippen molar-refractivity contribution in [2.75, 3.05) is 39.3 Å². The number of amides is 4. The minimum absolute atomic E-state index is 0.0598. The highest BCUT2D eigenvalue weighted by molar-refractivity contribution is 5.77. The van der Waals surface area contributed by atoms with Crippen molar-refractivity contribution >= 4 is 30.2 Å². The van der Waals surface area contributed by atoms with Gasteiger partial charge in [-0.05, 0) is 186 Å². The lowest BCUT2D eigenvalue weighted by Gasteiger charge is -2.58. The summed E-state index contributed by atoms with van der Waals surface area (Å²) in [5.74, 6) is 4.42. The summed E-state index contributed by atoms with van der Waals surface area (Å²) in [6, 6.07) is 0. The number of carbonyl (C=O) groups excluding carboxylic acids is 5. The number of nitrogens with one attached hydrogen (secondary N) is 2. The Labute approximate surface area is 424 Å². The number of carbonyl (C=O) groups is 5. The molecule has 8 atom stereocenters. The maximum Gasteiger partial charge on any atom is 0.410 e. The molecule has 0 spiro atoms. The third kappa shape index (κ3) is 18.5. The van der Waals surface area contributed by atoms with Crippen LogP contribution >= 0.6 is 0 Å². The average molecular weight is 985 g/mol. The molecule has 4 aliphatic carbocycles. The minimum atomic E-state index is -0.676. The van der Waals surface area contributed by atoms with Crippen LogP contribution in [0.2, 0.25) is 0 Å². The van der Waals surface area contributed by atoms with Crippen molar-refractivity contribution in [1.29, 1.82) is 0 Å². The van der Waals surface area contributed by atoms with E-state index in [9.17, 15) is 24.0 Å². The second-order valence-electron chi connectivity index (χ2n) is 25.6. The van der Waals surface area contributed by atoms with E-state index in [1.807, 2.05) is 41.5 Å². The fraction of sp³-hybridized carbons (Fsp3) is 0.877. The van der Waals surface area contributed by atoms with Crippen LogP contribution < -0.4 is 10.6 Å². The molecule has 3 saturated carbocycles. The molecule has 0 bridgehead atoms. The number of alkyl carbamates (subject to hydrolysis) is 2. The second-order valence-corrected chi connectivity index (χ2v) is 25.6. The zero-order chi connectivity index (χ0) is 52.1. The van der Waals surface area contributed by atoms with Gasteiger partial charge in [0.15, 0.2) is 0 Å². The molecule has 8 unspecified atom stereocenters. The lowest BCUT2D eigenvalue weighted by atomic mass is 9.47. The Balaban J connectivity index is 1.28. The number of allylic oxidation sites excluding steroid dienone is 1. The maximum atomic E-state index is 13.8. The van der Waals surface area contributed by atoms with Crippen LogP contribution in [0.4, 0.5) is 14.4 Å². The molecule has 402 valence electrons. The number of fused-ring (bicyclic) bond motifs is 5. The first-order valence-electron chi connectivity index (χ1n) is 27.7. The van der Waals surface area contributed by atoms with E-state index in [0.717, 1.165) is 55.3 Å². The van der Waals surface area contributed by atoms with E-state index < -0.39 is 35.1 Å². The van der Waals surface area contributed by atoms with Crippen LogP contribution in [0.5, 0.6) is 0 Å². The van der Waals surface area contributed by atoms with Crippen LogP contribution in [-0.4, -0.2) is 102 Å². The smallest absolute Gasteiger partial charge is 0.410 e. The Kier molecular flexibility index (Phi) is 21.9. The van der Waals surface area contributed by atoms with Crippen molar-refractivity contribution in [3.8, 4) is 0 Å². The Morgan fingerprint density at radius 2 is 1.23 bits per heavy atom. The lowest BCUT2D eigenvalue weighted by Crippen LogP contribution is -2.51. The van der Waals surface area contributed by atoms with E-state index in [0.29, 0.717) is 82.7 Å². The molecule has 13 heteroatoms. The largest absolute Gasteiger partial charge is 0.462 e. The van der Waals surface area contributed by atoms with Gasteiger partial charge in [0.1, 0.15) is 22.9 Å². The first-order valence-corrected chi connectivity index (χ1v) is 27.7. The van der Waals surface area contributed by atoms with Gasteiger partial charge in [-0.1, -0.05) is 65.5 Å². The van der Waals surface area contributed by atoms with Gasteiger partial charge in [0, 0.05) is 58.5 Å². The Hall–Kier alpha value is -3.51. The fourth-order valence-electron chi connectivity index (χ4n) is 12.7. The predicted molar refractivity (Wildman–Crippen MR) is 278 cm³/mol. The number of hydrogen-bond acceptors (Lipinski definition) is 9. The third-order valence-electron chi connectivity index (χ3n) is 16.0. The van der Waals surface area contributed by atoms with Crippen molar-refractivity contribution in [2.45, 2.75) is 235 Å². The van der Waals surface area contributed by atoms with Crippen molar-refractivity contribution in [1.82, 2.24) is 20.4 Å². The van der Waals surface area contributed by atoms with Gasteiger partial charge in [0.25, 0.3) is 0 Å². The van der Waals surface area contributed by atoms with E-state index >= 15 is 0 Å². The number of rotatable bonds is 23. The second kappa shape index (κ2) is 25.9. The molecule has 0 aliphatic heterocycles. The van der Waals surface area contributed by atoms with Gasteiger partial charge >= 0.3 is 24.2 Å². The molecular formula is C57H100N4O9. The molecule has 3 fully saturated rings. The van der Waals surface area contributed by atoms with Gasteiger partial charge in [0.05, 0.1) is 0 Å². The molecule has 4 aliphatic rings. The first-order chi connectivity index (χ1) is 32.6. The minimum Gasteiger partial charge on any atom is -0.462 e. The van der Waals surface area contributed by atoms with E-state index in [-0.39, 0.29) is 36.2 Å². The summed E-state index contributed by atoms with van der Waals surface area (Å²) in [6.07, 6.45) is 17.5. The summed E-state index contributed by atoms with van der Waals surface area (Å²) in [6.45, 7) is 31.1. The van der Waals surface area contributed by atoms with Gasteiger partial charge in [-0.15, -0.1) is 0 Å². The average Bonchev–Trinajstić information content (AvgIpc) is 3.59. The van der Waals surface area contributed by atoms with Crippen molar-refractivity contribution in [2.24, 2.45) is 46.3 Å². The molecule has 0 aromatic heterocycles. The summed E-state index contributed by atoms with van der Waals surface area (Å²) >= 11 is 0. The topological polar surface area (TPSA) is 153 Å². The van der Waals surface area contributed by atoms with Crippen LogP contribution in [0.3, 0.4) is 0 Å². The van der Waals surface area contributed by atoms with Crippen LogP contribution in [0.25, 0.3) is 0 Å². The monoisotopic (exact) mass is 985 g/mol. The lowest BCUT2D eigenvalue weighted by molar-refractivity contribution is -0.151. The maximum absolute atomic E-state index is 13.8. The van der Waals surface area contributed by atoms with Crippen LogP contribution in [0.15, 0.2) is 11.6 Å². The zero-order valence-electron chi connectivity index (χ0n) is 46.7. The molecule has 0 heterocycles. The molecule has 0 saturated heterocycles. The van der Waals surface area contributed by atoms with Gasteiger partial charge in [-0.3, -0.25) is 9.59 Å². The molecular weight excluding hydrogens is 885 g/mol. The molecule has 2 N–H and O–H groups in total. The van der Waals surface area contributed by atoms with E-state index in [1.165, 1.54) is 50.5 Å². The number of nitrogens with zero attached hydrogens (tertiary/aromatic N) is 2. The van der Waals surface area contributed by atoms with Crippen molar-refractivity contribution < 1.29 is 42.9 Å². The van der Waals surface area contributed by atoms with Gasteiger partial charge in [-0.2, -0.15) is 0 Å². The van der Waals surface area contributed by atoms with Gasteiger partial charge < -0.3 is 39.4 Å². The predicted octanol–water partition coefficient (Wildman–Crippen LogP) is 12.8. The van der Waals surface area contributed by atoms with E-state index in [2.05, 4.69) is 51.3 Å². The summed E-state index contributed by atoms with van der Waals surface area (Å²) in [5.41, 5.74) is 0.246. The Bertz CT molecular complexity index is 1740. The van der Waals surface area contributed by atoms with E-state index in [1.54, 1.807) is 30.6 Å². The first kappa shape index (κ1) is 59.1. The third-order valence-corrected chi connectivity index (χ3v) is 16.0. The number of hydrogen-bond donors (Lipinski definition) is 2. The Morgan fingerprint density at radius 1 is 0.657 bits per heavy atom. The molecule has 4 amide bonds. The van der Waals surface area contributed by atoms with Crippen molar-refractivity contribution in [3.63, 3.8) is 0 Å². The molecule has 0 radical (unpaired) electrons. The standard InChI is InChI=1S/C57H100N4O9/c1-40(2)21-17-22-41(3)45-27-28-46-44-26-25-42-39-43(29-31-56(42,13)47(44)30-32-57(45,46)14)67-49(63)24-18-23-48(62)60(37-19-33-58-50(64)68-53(4,5)6)35-15-16-36-61(52(66)70-55(10,11)12)38-20-34-59-51(65)69-54(7,8)9/h25,40-41,43-47H,15-24,26-39H2,1-14H3,(H,58,64)(H,59,65). The van der Waals surface area contributed by atoms with Crippen LogP contribution in [0.1, 0.15) is 213 Å². The zero-order valence-corrected chi connectivity index (χ0v) is 46.7. The Morgan fingerprint density at radius 3 is 1.81 bits per heavy atom. The number of esters is 1. The summed E-state index contributed by atoms with van der Waals surface area (Å²) in [4.78, 5) is 68.2. The van der Waals surface area contributed by atoms with Crippen LogP contribution in [-0.2, 0) is 28.5 Å². The quantitative estimate of drug-likeness (QED) is 0.0441. The van der Waals surface area contributed by atoms with E-state index in [4.69, 9.17) is 18.9 Å². The molecule has 70 heavy (non-hydrogen) atoms. The fourth-order valence-corrected chi connectivity index (χ4v) is 12.7. The van der Waals surface area contributed by atoms with Crippen molar-refractivity contribution in [3.05, 3.63) is 11.6 Å². The molecule has 13 nitrogen and oxygen atoms in total. The normalized spacial score (nSPS) is 25.9. The van der Waals surface area contributed by atoms with Gasteiger partial charge in [0.2, 0.25) is 5.91 Å². The summed E-state index contributed by atoms with van der Waals surface area (Å²) < 4.78 is 22.6. The molecule has 0 aromatic rings. The number of unbranched alkanes of at least 4 members (excludes halogenated alkanes) is 1. The van der Waals surface area contributed by atoms with Gasteiger partial charge in [-0.25, -0.2) is 14.4 Å². The summed E-state index contributed by atoms with van der Waals surface area (Å²) in [7, 11) is 0. The number of ether oxygens (including phenoxy) is 4. The highest BCUT2D eigenvalue weighted by Gasteiger charge is 2.59. The molecule has 0 aromatic carbocycles. The summed E-state index contributed by atoms with van der Waals surface area (Å²) in [5, 5.41) is 5.53. The molecule has 4 rings (SSSR count).